The van der Waals surface area contributed by atoms with Gasteiger partial charge in [0.1, 0.15) is 0 Å². The van der Waals surface area contributed by atoms with Gasteiger partial charge in [-0.05, 0) is 44.0 Å². The molecular weight excluding hydrogens is 296 g/mol. The summed E-state index contributed by atoms with van der Waals surface area (Å²) in [5.74, 6) is 0. The van der Waals surface area contributed by atoms with Crippen molar-refractivity contribution < 1.29 is 8.42 Å². The zero-order valence-corrected chi connectivity index (χ0v) is 13.6. The number of hydrogen-bond donors (Lipinski definition) is 2. The Morgan fingerprint density at radius 1 is 1.20 bits per heavy atom. The lowest BCUT2D eigenvalue weighted by Crippen LogP contribution is -2.39. The van der Waals surface area contributed by atoms with E-state index in [0.717, 1.165) is 18.5 Å². The van der Waals surface area contributed by atoms with Crippen molar-refractivity contribution in [2.75, 3.05) is 19.6 Å². The highest BCUT2D eigenvalue weighted by Crippen LogP contribution is 2.09. The third-order valence-electron chi connectivity index (χ3n) is 3.02. The third-order valence-corrected chi connectivity index (χ3v) is 5.10. The summed E-state index contributed by atoms with van der Waals surface area (Å²) < 4.78 is 26.6. The van der Waals surface area contributed by atoms with Gasteiger partial charge in [0.2, 0.25) is 10.0 Å². The van der Waals surface area contributed by atoms with Gasteiger partial charge in [-0.15, -0.1) is 0 Å². The minimum atomic E-state index is -3.26. The molecule has 1 rings (SSSR count). The third kappa shape index (κ3) is 6.22. The predicted molar refractivity (Wildman–Crippen MR) is 84.7 cm³/mol. The second kappa shape index (κ2) is 8.62. The molecule has 0 radical (unpaired) electrons. The van der Waals surface area contributed by atoms with E-state index in [1.165, 1.54) is 0 Å². The minimum absolute atomic E-state index is 0.405. The molecule has 0 bridgehead atoms. The van der Waals surface area contributed by atoms with Crippen LogP contribution in [-0.4, -0.2) is 33.3 Å². The summed E-state index contributed by atoms with van der Waals surface area (Å²) in [4.78, 5) is 0. The maximum absolute atomic E-state index is 12.0. The first-order valence-electron chi connectivity index (χ1n) is 6.89. The summed E-state index contributed by atoms with van der Waals surface area (Å²) in [6.45, 7) is 5.49. The van der Waals surface area contributed by atoms with E-state index < -0.39 is 15.3 Å². The van der Waals surface area contributed by atoms with Crippen LogP contribution < -0.4 is 10.0 Å². The van der Waals surface area contributed by atoms with Gasteiger partial charge in [0.05, 0.1) is 5.25 Å². The van der Waals surface area contributed by atoms with E-state index in [2.05, 4.69) is 17.0 Å². The fourth-order valence-corrected chi connectivity index (χ4v) is 2.86. The number of rotatable bonds is 9. The molecule has 0 heterocycles. The average Bonchev–Trinajstić information content (AvgIpc) is 2.41. The van der Waals surface area contributed by atoms with E-state index in [0.29, 0.717) is 24.5 Å². The summed E-state index contributed by atoms with van der Waals surface area (Å²) in [7, 11) is -3.26. The first-order chi connectivity index (χ1) is 9.45. The van der Waals surface area contributed by atoms with Gasteiger partial charge in [0.25, 0.3) is 0 Å². The van der Waals surface area contributed by atoms with E-state index in [9.17, 15) is 8.42 Å². The number of benzene rings is 1. The normalized spacial score (nSPS) is 13.3. The van der Waals surface area contributed by atoms with Crippen LogP contribution >= 0.6 is 11.6 Å². The van der Waals surface area contributed by atoms with Crippen molar-refractivity contribution in [2.45, 2.75) is 31.9 Å². The smallest absolute Gasteiger partial charge is 0.215 e. The molecule has 0 spiro atoms. The molecule has 0 aromatic heterocycles. The van der Waals surface area contributed by atoms with Crippen LogP contribution in [0.15, 0.2) is 24.3 Å². The Labute approximate surface area is 127 Å². The first kappa shape index (κ1) is 17.4. The topological polar surface area (TPSA) is 58.2 Å². The van der Waals surface area contributed by atoms with Gasteiger partial charge in [-0.25, -0.2) is 13.1 Å². The molecule has 1 unspecified atom stereocenters. The van der Waals surface area contributed by atoms with Gasteiger partial charge in [0.15, 0.2) is 0 Å². The van der Waals surface area contributed by atoms with Crippen LogP contribution in [0, 0.1) is 0 Å². The van der Waals surface area contributed by atoms with E-state index in [4.69, 9.17) is 11.6 Å². The van der Waals surface area contributed by atoms with Gasteiger partial charge < -0.3 is 5.32 Å². The van der Waals surface area contributed by atoms with Crippen molar-refractivity contribution in [1.82, 2.24) is 10.0 Å². The fraction of sp³-hybridized carbons (Fsp3) is 0.571. The van der Waals surface area contributed by atoms with Crippen LogP contribution in [-0.2, 0) is 16.4 Å². The number of sulfonamides is 1. The number of hydrogen-bond acceptors (Lipinski definition) is 3. The highest BCUT2D eigenvalue weighted by molar-refractivity contribution is 7.90. The second-order valence-corrected chi connectivity index (χ2v) is 7.45. The molecular formula is C14H23ClN2O2S. The molecule has 1 aromatic rings. The highest BCUT2D eigenvalue weighted by Gasteiger charge is 2.19. The maximum Gasteiger partial charge on any atom is 0.215 e. The van der Waals surface area contributed by atoms with Crippen LogP contribution in [0.2, 0.25) is 5.02 Å². The summed E-state index contributed by atoms with van der Waals surface area (Å²) in [6, 6.07) is 7.43. The highest BCUT2D eigenvalue weighted by atomic mass is 35.5. The molecule has 4 nitrogen and oxygen atoms in total. The Kier molecular flexibility index (Phi) is 7.51. The van der Waals surface area contributed by atoms with Gasteiger partial charge in [-0.3, -0.25) is 0 Å². The second-order valence-electron chi connectivity index (χ2n) is 4.83. The standard InChI is InChI=1S/C14H23ClN2O2S/c1-3-9-16-11-12(2)20(18,19)17-10-8-13-4-6-14(15)7-5-13/h4-7,12,16-17H,3,8-11H2,1-2H3. The summed E-state index contributed by atoms with van der Waals surface area (Å²) >= 11 is 5.80. The van der Waals surface area contributed by atoms with E-state index in [-0.39, 0.29) is 0 Å². The molecule has 0 saturated carbocycles. The van der Waals surface area contributed by atoms with E-state index >= 15 is 0 Å². The van der Waals surface area contributed by atoms with Gasteiger partial charge in [-0.1, -0.05) is 30.7 Å². The van der Waals surface area contributed by atoms with Crippen LogP contribution in [0.4, 0.5) is 0 Å². The molecule has 0 aliphatic carbocycles. The molecule has 1 aromatic carbocycles. The average molecular weight is 319 g/mol. The molecule has 0 aliphatic rings. The van der Waals surface area contributed by atoms with Crippen molar-refractivity contribution in [3.63, 3.8) is 0 Å². The summed E-state index contributed by atoms with van der Waals surface area (Å²) in [6.07, 6.45) is 1.66. The first-order valence-corrected chi connectivity index (χ1v) is 8.81. The fourth-order valence-electron chi connectivity index (χ4n) is 1.72. The van der Waals surface area contributed by atoms with E-state index in [1.807, 2.05) is 24.3 Å². The Balaban J connectivity index is 2.37. The molecule has 1 atom stereocenters. The zero-order valence-electron chi connectivity index (χ0n) is 12.0. The lowest BCUT2D eigenvalue weighted by Gasteiger charge is -2.14. The number of halogens is 1. The maximum atomic E-state index is 12.0. The molecule has 0 amide bonds. The molecule has 20 heavy (non-hydrogen) atoms. The molecule has 0 fully saturated rings. The van der Waals surface area contributed by atoms with Crippen LogP contribution in [0.5, 0.6) is 0 Å². The van der Waals surface area contributed by atoms with Crippen molar-refractivity contribution >= 4 is 21.6 Å². The van der Waals surface area contributed by atoms with Gasteiger partial charge in [-0.2, -0.15) is 0 Å². The molecule has 2 N–H and O–H groups in total. The molecule has 6 heteroatoms. The van der Waals surface area contributed by atoms with Crippen LogP contribution in [0.25, 0.3) is 0 Å². The van der Waals surface area contributed by atoms with Gasteiger partial charge in [0, 0.05) is 18.1 Å². The number of nitrogens with one attached hydrogen (secondary N) is 2. The largest absolute Gasteiger partial charge is 0.315 e. The SMILES string of the molecule is CCCNCC(C)S(=O)(=O)NCCc1ccc(Cl)cc1. The van der Waals surface area contributed by atoms with Crippen molar-refractivity contribution in [2.24, 2.45) is 0 Å². The Morgan fingerprint density at radius 3 is 2.45 bits per heavy atom. The Hall–Kier alpha value is -0.620. The Morgan fingerprint density at radius 2 is 1.85 bits per heavy atom. The molecule has 114 valence electrons. The Bertz CT molecular complexity index is 488. The van der Waals surface area contributed by atoms with Crippen molar-refractivity contribution in [3.05, 3.63) is 34.9 Å². The molecule has 0 aliphatic heterocycles. The summed E-state index contributed by atoms with van der Waals surface area (Å²) in [5.41, 5.74) is 1.06. The quantitative estimate of drug-likeness (QED) is 0.686. The van der Waals surface area contributed by atoms with Gasteiger partial charge >= 0.3 is 0 Å². The van der Waals surface area contributed by atoms with Crippen LogP contribution in [0.1, 0.15) is 25.8 Å². The van der Waals surface area contributed by atoms with Crippen LogP contribution in [0.3, 0.4) is 0 Å². The van der Waals surface area contributed by atoms with Crippen molar-refractivity contribution in [1.29, 1.82) is 0 Å². The monoisotopic (exact) mass is 318 g/mol. The summed E-state index contributed by atoms with van der Waals surface area (Å²) in [5, 5.41) is 3.38. The molecule has 0 saturated heterocycles. The predicted octanol–water partition coefficient (Wildman–Crippen LogP) is 2.19. The zero-order chi connectivity index (χ0) is 15.0. The minimum Gasteiger partial charge on any atom is -0.315 e. The lowest BCUT2D eigenvalue weighted by molar-refractivity contribution is 0.557. The lowest BCUT2D eigenvalue weighted by atomic mass is 10.2. The van der Waals surface area contributed by atoms with Crippen molar-refractivity contribution in [3.8, 4) is 0 Å². The van der Waals surface area contributed by atoms with E-state index in [1.54, 1.807) is 6.92 Å².